The van der Waals surface area contributed by atoms with E-state index in [-0.39, 0.29) is 0 Å². The van der Waals surface area contributed by atoms with E-state index in [0.717, 1.165) is 58.7 Å². The molecule has 1 aromatic heterocycles. The Labute approximate surface area is 363 Å². The Balaban J connectivity index is 0.952. The lowest BCUT2D eigenvalue weighted by Crippen LogP contribution is -1.97. The second-order valence-electron chi connectivity index (χ2n) is 17.2. The van der Waals surface area contributed by atoms with E-state index < -0.39 is 0 Å². The van der Waals surface area contributed by atoms with Crippen LogP contribution in [0.4, 0.5) is 0 Å². The zero-order valence-electron chi connectivity index (χ0n) is 37.3. The maximum atomic E-state index is 6.15. The van der Waals surface area contributed by atoms with Crippen molar-refractivity contribution in [1.82, 2.24) is 10.2 Å². The van der Waals surface area contributed by atoms with Gasteiger partial charge in [0.2, 0.25) is 0 Å². The standard InChI is InChI=1S/C54H78N2O2S/c1-3-5-7-9-11-13-15-17-19-21-23-25-27-29-39-57-51-37-35-45-41-49(33-31-47(45)43-51)53-55-56-54(59-53)50-34-32-48-44-52(38-36-46(48)42-50)58-40-30-28-26-24-22-20-18-16-14-12-10-8-6-4-2/h31-38,41-44H,3-30,39-40H2,1-2H3. The average Bonchev–Trinajstić information content (AvgIpc) is 3.77. The molecule has 0 fully saturated rings. The van der Waals surface area contributed by atoms with Crippen molar-refractivity contribution in [2.24, 2.45) is 0 Å². The molecule has 5 aromatic rings. The van der Waals surface area contributed by atoms with Crippen molar-refractivity contribution in [1.29, 1.82) is 0 Å². The average molecular weight is 819 g/mol. The summed E-state index contributed by atoms with van der Waals surface area (Å²) in [5, 5.41) is 15.8. The number of unbranched alkanes of at least 4 members (excludes halogenated alkanes) is 26. The van der Waals surface area contributed by atoms with Crippen molar-refractivity contribution >= 4 is 32.9 Å². The Morgan fingerprint density at radius 1 is 0.339 bits per heavy atom. The Hall–Kier alpha value is -3.44. The predicted octanol–water partition coefficient (Wildman–Crippen LogP) is 17.9. The van der Waals surface area contributed by atoms with E-state index in [4.69, 9.17) is 9.47 Å². The molecule has 1 heterocycles. The highest BCUT2D eigenvalue weighted by Crippen LogP contribution is 2.34. The summed E-state index contributed by atoms with van der Waals surface area (Å²) in [6, 6.07) is 26.0. The third-order valence-electron chi connectivity index (χ3n) is 12.1. The summed E-state index contributed by atoms with van der Waals surface area (Å²) in [6.07, 6.45) is 38.4. The molecule has 0 aliphatic carbocycles. The molecule has 0 spiro atoms. The molecule has 5 heteroatoms. The molecule has 0 saturated heterocycles. The number of benzene rings is 4. The van der Waals surface area contributed by atoms with E-state index in [9.17, 15) is 0 Å². The summed E-state index contributed by atoms with van der Waals surface area (Å²) in [6.45, 7) is 6.17. The van der Waals surface area contributed by atoms with Gasteiger partial charge in [0.1, 0.15) is 21.5 Å². The van der Waals surface area contributed by atoms with Crippen LogP contribution in [0.5, 0.6) is 11.5 Å². The molecule has 322 valence electrons. The van der Waals surface area contributed by atoms with Crippen molar-refractivity contribution < 1.29 is 9.47 Å². The zero-order valence-corrected chi connectivity index (χ0v) is 38.1. The molecule has 0 aliphatic rings. The number of aromatic nitrogens is 2. The van der Waals surface area contributed by atoms with Crippen LogP contribution in [-0.2, 0) is 0 Å². The quantitative estimate of drug-likeness (QED) is 0.0388. The third kappa shape index (κ3) is 18.0. The molecule has 4 nitrogen and oxygen atoms in total. The van der Waals surface area contributed by atoms with Gasteiger partial charge in [0, 0.05) is 11.1 Å². The van der Waals surface area contributed by atoms with Gasteiger partial charge >= 0.3 is 0 Å². The molecule has 0 aliphatic heterocycles. The summed E-state index contributed by atoms with van der Waals surface area (Å²) in [4.78, 5) is 0. The highest BCUT2D eigenvalue weighted by Gasteiger charge is 2.11. The lowest BCUT2D eigenvalue weighted by molar-refractivity contribution is 0.304. The summed E-state index contributed by atoms with van der Waals surface area (Å²) in [5.41, 5.74) is 2.19. The van der Waals surface area contributed by atoms with Gasteiger partial charge in [0.25, 0.3) is 0 Å². The normalized spacial score (nSPS) is 11.6. The lowest BCUT2D eigenvalue weighted by Gasteiger charge is -2.08. The van der Waals surface area contributed by atoms with Gasteiger partial charge in [-0.15, -0.1) is 10.2 Å². The van der Waals surface area contributed by atoms with Gasteiger partial charge in [-0.3, -0.25) is 0 Å². The van der Waals surface area contributed by atoms with E-state index in [1.807, 2.05) is 0 Å². The Morgan fingerprint density at radius 3 is 0.966 bits per heavy atom. The fourth-order valence-electron chi connectivity index (χ4n) is 8.32. The van der Waals surface area contributed by atoms with Crippen molar-refractivity contribution in [2.45, 2.75) is 194 Å². The van der Waals surface area contributed by atoms with E-state index in [2.05, 4.69) is 96.8 Å². The minimum absolute atomic E-state index is 0.790. The molecule has 59 heavy (non-hydrogen) atoms. The minimum Gasteiger partial charge on any atom is -0.494 e. The van der Waals surface area contributed by atoms with Gasteiger partial charge in [-0.05, 0) is 70.8 Å². The van der Waals surface area contributed by atoms with Crippen LogP contribution in [0.2, 0.25) is 0 Å². The lowest BCUT2D eigenvalue weighted by atomic mass is 10.0. The summed E-state index contributed by atoms with van der Waals surface area (Å²) >= 11 is 1.65. The molecule has 0 N–H and O–H groups in total. The van der Waals surface area contributed by atoms with Crippen molar-refractivity contribution in [3.63, 3.8) is 0 Å². The van der Waals surface area contributed by atoms with Crippen molar-refractivity contribution in [3.05, 3.63) is 72.8 Å². The minimum atomic E-state index is 0.790. The van der Waals surface area contributed by atoms with Crippen molar-refractivity contribution in [2.75, 3.05) is 13.2 Å². The number of ether oxygens (including phenoxy) is 2. The summed E-state index contributed by atoms with van der Waals surface area (Å²) in [5.74, 6) is 1.91. The number of hydrogen-bond acceptors (Lipinski definition) is 5. The van der Waals surface area contributed by atoms with Gasteiger partial charge in [0.05, 0.1) is 13.2 Å². The van der Waals surface area contributed by atoms with Crippen LogP contribution in [0.3, 0.4) is 0 Å². The van der Waals surface area contributed by atoms with E-state index in [1.54, 1.807) is 11.3 Å². The van der Waals surface area contributed by atoms with E-state index in [1.165, 1.54) is 188 Å². The molecule has 0 saturated carbocycles. The molecular formula is C54H78N2O2S. The first-order chi connectivity index (χ1) is 29.2. The Morgan fingerprint density at radius 2 is 0.627 bits per heavy atom. The molecule has 0 unspecified atom stereocenters. The molecule has 4 aromatic carbocycles. The van der Waals surface area contributed by atoms with Crippen molar-refractivity contribution in [3.8, 4) is 32.6 Å². The second kappa shape index (κ2) is 28.9. The fraction of sp³-hybridized carbons (Fsp3) is 0.593. The van der Waals surface area contributed by atoms with Gasteiger partial charge in [-0.25, -0.2) is 0 Å². The first-order valence-electron chi connectivity index (χ1n) is 24.4. The highest BCUT2D eigenvalue weighted by molar-refractivity contribution is 7.17. The van der Waals surface area contributed by atoms with Gasteiger partial charge in [-0.1, -0.05) is 229 Å². The highest BCUT2D eigenvalue weighted by atomic mass is 32.1. The zero-order chi connectivity index (χ0) is 41.0. The number of rotatable bonds is 34. The first-order valence-corrected chi connectivity index (χ1v) is 25.2. The fourth-order valence-corrected chi connectivity index (χ4v) is 9.16. The molecule has 0 radical (unpaired) electrons. The summed E-state index contributed by atoms with van der Waals surface area (Å²) in [7, 11) is 0. The number of hydrogen-bond donors (Lipinski definition) is 0. The SMILES string of the molecule is CCCCCCCCCCCCCCCCOc1ccc2cc(-c3nnc(-c4ccc5cc(OCCCCCCCCCCCCCCCC)ccc5c4)s3)ccc2c1. The topological polar surface area (TPSA) is 44.2 Å². The van der Waals surface area contributed by atoms with Gasteiger partial charge < -0.3 is 9.47 Å². The van der Waals surface area contributed by atoms with Crippen LogP contribution in [0, 0.1) is 0 Å². The summed E-state index contributed by atoms with van der Waals surface area (Å²) < 4.78 is 12.3. The van der Waals surface area contributed by atoms with Gasteiger partial charge in [0.15, 0.2) is 0 Å². The Kier molecular flexibility index (Phi) is 22.9. The molecule has 0 bridgehead atoms. The van der Waals surface area contributed by atoms with Gasteiger partial charge in [-0.2, -0.15) is 0 Å². The third-order valence-corrected chi connectivity index (χ3v) is 13.1. The van der Waals surface area contributed by atoms with Crippen LogP contribution in [0.25, 0.3) is 42.7 Å². The second-order valence-corrected chi connectivity index (χ2v) is 18.2. The van der Waals surface area contributed by atoms with Crippen LogP contribution in [0.15, 0.2) is 72.8 Å². The maximum Gasteiger partial charge on any atom is 0.148 e. The molecular weight excluding hydrogens is 741 g/mol. The number of fused-ring (bicyclic) bond motifs is 2. The molecule has 5 rings (SSSR count). The van der Waals surface area contributed by atoms with E-state index >= 15 is 0 Å². The maximum absolute atomic E-state index is 6.15. The van der Waals surface area contributed by atoms with Crippen LogP contribution in [-0.4, -0.2) is 23.4 Å². The molecule has 0 amide bonds. The monoisotopic (exact) mass is 819 g/mol. The smallest absolute Gasteiger partial charge is 0.148 e. The predicted molar refractivity (Wildman–Crippen MR) is 257 cm³/mol. The van der Waals surface area contributed by atoms with Crippen LogP contribution in [0.1, 0.15) is 194 Å². The molecule has 0 atom stereocenters. The Bertz CT molecular complexity index is 1720. The van der Waals surface area contributed by atoms with Crippen LogP contribution >= 0.6 is 11.3 Å². The number of nitrogens with zero attached hydrogens (tertiary/aromatic N) is 2. The largest absolute Gasteiger partial charge is 0.494 e. The van der Waals surface area contributed by atoms with Crippen LogP contribution < -0.4 is 9.47 Å². The first kappa shape index (κ1) is 46.6. The van der Waals surface area contributed by atoms with E-state index in [0.29, 0.717) is 0 Å².